The topological polar surface area (TPSA) is 42.2 Å². The predicted octanol–water partition coefficient (Wildman–Crippen LogP) is 2.92. The van der Waals surface area contributed by atoms with Gasteiger partial charge in [-0.2, -0.15) is 0 Å². The average Bonchev–Trinajstić information content (AvgIpc) is 2.59. The van der Waals surface area contributed by atoms with Crippen LogP contribution in [0.2, 0.25) is 0 Å². The van der Waals surface area contributed by atoms with E-state index in [0.29, 0.717) is 11.6 Å². The van der Waals surface area contributed by atoms with Gasteiger partial charge in [-0.05, 0) is 31.4 Å². The van der Waals surface area contributed by atoms with Crippen LogP contribution < -0.4 is 0 Å². The third-order valence-electron chi connectivity index (χ3n) is 2.51. The number of hydrogen-bond acceptors (Lipinski definition) is 1. The lowest BCUT2D eigenvalue weighted by atomic mass is 10.1. The van der Waals surface area contributed by atoms with Crippen LogP contribution in [0.15, 0.2) is 30.6 Å². The monoisotopic (exact) mass is 203 g/mol. The first-order valence-corrected chi connectivity index (χ1v) is 4.92. The summed E-state index contributed by atoms with van der Waals surface area (Å²) in [6, 6.07) is 5.58. The first-order valence-electron chi connectivity index (χ1n) is 4.92. The summed E-state index contributed by atoms with van der Waals surface area (Å²) in [6.07, 6.45) is 4.01. The fraction of sp³-hybridized carbons (Fsp3) is 0.250. The maximum absolute atomic E-state index is 10.8. The number of aromatic nitrogens is 1. The summed E-state index contributed by atoms with van der Waals surface area (Å²) in [4.78, 5) is 10.8. The molecule has 3 heteroatoms. The molecule has 0 aliphatic carbocycles. The van der Waals surface area contributed by atoms with Crippen molar-refractivity contribution < 1.29 is 9.90 Å². The fourth-order valence-electron chi connectivity index (χ4n) is 1.59. The number of rotatable bonds is 2. The molecule has 15 heavy (non-hydrogen) atoms. The molecule has 0 saturated heterocycles. The molecule has 0 bridgehead atoms. The highest BCUT2D eigenvalue weighted by atomic mass is 16.4. The maximum Gasteiger partial charge on any atom is 0.335 e. The van der Waals surface area contributed by atoms with Crippen LogP contribution in [0, 0.1) is 0 Å². The number of hydrogen-bond donors (Lipinski definition) is 1. The normalized spacial score (nSPS) is 11.1. The molecule has 0 radical (unpaired) electrons. The van der Waals surface area contributed by atoms with Crippen molar-refractivity contribution in [3.63, 3.8) is 0 Å². The second-order valence-electron chi connectivity index (χ2n) is 3.95. The zero-order chi connectivity index (χ0) is 11.0. The molecule has 0 amide bonds. The van der Waals surface area contributed by atoms with E-state index < -0.39 is 5.97 Å². The summed E-state index contributed by atoms with van der Waals surface area (Å²) in [5, 5.41) is 10.9. The van der Waals surface area contributed by atoms with Gasteiger partial charge in [0.2, 0.25) is 0 Å². The molecule has 1 aromatic carbocycles. The van der Waals surface area contributed by atoms with Gasteiger partial charge in [0.25, 0.3) is 0 Å². The van der Waals surface area contributed by atoms with E-state index in [9.17, 15) is 4.79 Å². The molecule has 0 aliphatic rings. The van der Waals surface area contributed by atoms with Gasteiger partial charge >= 0.3 is 5.97 Å². The van der Waals surface area contributed by atoms with Crippen LogP contribution >= 0.6 is 0 Å². The van der Waals surface area contributed by atoms with E-state index in [1.807, 2.05) is 18.5 Å². The van der Waals surface area contributed by atoms with Crippen molar-refractivity contribution in [2.24, 2.45) is 0 Å². The standard InChI is InChI=1S/C12H13NO2/c1-8(2)13-6-10-4-3-9(12(14)15)5-11(10)7-13/h3-8H,1-2H3,(H,14,15). The second kappa shape index (κ2) is 3.42. The second-order valence-corrected chi connectivity index (χ2v) is 3.95. The van der Waals surface area contributed by atoms with Crippen LogP contribution in [0.1, 0.15) is 30.2 Å². The minimum absolute atomic E-state index is 0.337. The van der Waals surface area contributed by atoms with Crippen LogP contribution in [0.5, 0.6) is 0 Å². The van der Waals surface area contributed by atoms with Crippen molar-refractivity contribution in [3.05, 3.63) is 36.2 Å². The minimum atomic E-state index is -0.880. The van der Waals surface area contributed by atoms with Gasteiger partial charge in [-0.1, -0.05) is 6.07 Å². The number of aromatic carboxylic acids is 1. The number of carboxylic acid groups (broad SMARTS) is 1. The van der Waals surface area contributed by atoms with Crippen LogP contribution in [0.4, 0.5) is 0 Å². The molecule has 3 nitrogen and oxygen atoms in total. The Morgan fingerprint density at radius 1 is 1.27 bits per heavy atom. The molecule has 78 valence electrons. The van der Waals surface area contributed by atoms with Crippen molar-refractivity contribution >= 4 is 16.7 Å². The summed E-state index contributed by atoms with van der Waals surface area (Å²) in [7, 11) is 0. The average molecular weight is 203 g/mol. The summed E-state index contributed by atoms with van der Waals surface area (Å²) in [5.41, 5.74) is 0.337. The molecule has 0 spiro atoms. The van der Waals surface area contributed by atoms with Gasteiger partial charge in [0.05, 0.1) is 5.56 Å². The van der Waals surface area contributed by atoms with Crippen molar-refractivity contribution in [1.29, 1.82) is 0 Å². The Morgan fingerprint density at radius 3 is 2.53 bits per heavy atom. The highest BCUT2D eigenvalue weighted by Crippen LogP contribution is 2.19. The lowest BCUT2D eigenvalue weighted by Crippen LogP contribution is -1.95. The largest absolute Gasteiger partial charge is 0.478 e. The van der Waals surface area contributed by atoms with Crippen molar-refractivity contribution in [2.75, 3.05) is 0 Å². The Morgan fingerprint density at radius 2 is 1.93 bits per heavy atom. The third kappa shape index (κ3) is 1.73. The van der Waals surface area contributed by atoms with Gasteiger partial charge in [-0.25, -0.2) is 4.79 Å². The molecule has 2 aromatic rings. The zero-order valence-corrected chi connectivity index (χ0v) is 8.77. The van der Waals surface area contributed by atoms with Gasteiger partial charge in [0.1, 0.15) is 0 Å². The molecule has 0 atom stereocenters. The van der Waals surface area contributed by atoms with Gasteiger partial charge in [-0.15, -0.1) is 0 Å². The lowest BCUT2D eigenvalue weighted by molar-refractivity contribution is 0.0697. The van der Waals surface area contributed by atoms with Gasteiger partial charge in [0, 0.05) is 23.8 Å². The highest BCUT2D eigenvalue weighted by Gasteiger charge is 2.06. The number of carbonyl (C=O) groups is 1. The third-order valence-corrected chi connectivity index (χ3v) is 2.51. The molecule has 1 N–H and O–H groups in total. The van der Waals surface area contributed by atoms with Crippen molar-refractivity contribution in [1.82, 2.24) is 4.57 Å². The van der Waals surface area contributed by atoms with Gasteiger partial charge < -0.3 is 9.67 Å². The molecule has 1 aromatic heterocycles. The van der Waals surface area contributed by atoms with Gasteiger partial charge in [0.15, 0.2) is 0 Å². The number of carboxylic acids is 1. The van der Waals surface area contributed by atoms with Crippen LogP contribution in [0.3, 0.4) is 0 Å². The molecule has 2 rings (SSSR count). The molecule has 0 saturated carbocycles. The summed E-state index contributed by atoms with van der Waals surface area (Å²) >= 11 is 0. The number of nitrogens with zero attached hydrogens (tertiary/aromatic N) is 1. The van der Waals surface area contributed by atoms with Gasteiger partial charge in [-0.3, -0.25) is 0 Å². The first kappa shape index (κ1) is 9.77. The quantitative estimate of drug-likeness (QED) is 0.815. The molecule has 1 heterocycles. The summed E-state index contributed by atoms with van der Waals surface area (Å²) in [6.45, 7) is 4.19. The first-order chi connectivity index (χ1) is 7.08. The Bertz CT molecular complexity index is 511. The number of fused-ring (bicyclic) bond motifs is 1. The molecule has 0 fully saturated rings. The van der Waals surface area contributed by atoms with E-state index in [4.69, 9.17) is 5.11 Å². The van der Waals surface area contributed by atoms with E-state index >= 15 is 0 Å². The smallest absolute Gasteiger partial charge is 0.335 e. The zero-order valence-electron chi connectivity index (χ0n) is 8.77. The van der Waals surface area contributed by atoms with Crippen LogP contribution in [0.25, 0.3) is 10.8 Å². The Hall–Kier alpha value is -1.77. The Labute approximate surface area is 87.9 Å². The SMILES string of the molecule is CC(C)n1cc2ccc(C(=O)O)cc2c1. The van der Waals surface area contributed by atoms with Crippen molar-refractivity contribution in [2.45, 2.75) is 19.9 Å². The number of benzene rings is 1. The van der Waals surface area contributed by atoms with Crippen LogP contribution in [-0.4, -0.2) is 15.6 Å². The van der Waals surface area contributed by atoms with Crippen LogP contribution in [-0.2, 0) is 0 Å². The molecular weight excluding hydrogens is 190 g/mol. The molecule has 0 aliphatic heterocycles. The summed E-state index contributed by atoms with van der Waals surface area (Å²) < 4.78 is 2.08. The van der Waals surface area contributed by atoms with E-state index in [1.165, 1.54) is 0 Å². The van der Waals surface area contributed by atoms with E-state index in [1.54, 1.807) is 12.1 Å². The Balaban J connectivity index is 2.57. The Kier molecular flexibility index (Phi) is 2.23. The fourth-order valence-corrected chi connectivity index (χ4v) is 1.59. The minimum Gasteiger partial charge on any atom is -0.478 e. The van der Waals surface area contributed by atoms with E-state index in [-0.39, 0.29) is 0 Å². The predicted molar refractivity (Wildman–Crippen MR) is 59.3 cm³/mol. The van der Waals surface area contributed by atoms with Crippen molar-refractivity contribution in [3.8, 4) is 0 Å². The molecule has 0 unspecified atom stereocenters. The molecular formula is C12H13NO2. The van der Waals surface area contributed by atoms with E-state index in [2.05, 4.69) is 18.4 Å². The van der Waals surface area contributed by atoms with E-state index in [0.717, 1.165) is 10.8 Å². The summed E-state index contributed by atoms with van der Waals surface area (Å²) in [5.74, 6) is -0.880. The highest BCUT2D eigenvalue weighted by molar-refractivity contribution is 5.94. The lowest BCUT2D eigenvalue weighted by Gasteiger charge is -2.04. The maximum atomic E-state index is 10.8.